The number of nitrogens with zero attached hydrogens (tertiary/aromatic N) is 1. The number of rotatable bonds is 7. The summed E-state index contributed by atoms with van der Waals surface area (Å²) in [6, 6.07) is 0.0388. The van der Waals surface area contributed by atoms with E-state index in [0.29, 0.717) is 13.0 Å². The first-order valence-electron chi connectivity index (χ1n) is 6.80. The quantitative estimate of drug-likeness (QED) is 0.658. The highest BCUT2D eigenvalue weighted by Gasteiger charge is 2.27. The van der Waals surface area contributed by atoms with Crippen LogP contribution in [0.25, 0.3) is 0 Å². The van der Waals surface area contributed by atoms with E-state index < -0.39 is 0 Å². The average molecular weight is 256 g/mol. The van der Waals surface area contributed by atoms with Crippen molar-refractivity contribution in [2.45, 2.75) is 51.5 Å². The van der Waals surface area contributed by atoms with Crippen LogP contribution < -0.4 is 5.32 Å². The Morgan fingerprint density at radius 2 is 2.11 bits per heavy atom. The summed E-state index contributed by atoms with van der Waals surface area (Å²) >= 11 is 0. The largest absolute Gasteiger partial charge is 0.394 e. The van der Waals surface area contributed by atoms with Crippen molar-refractivity contribution >= 4 is 11.8 Å². The Kier molecular flexibility index (Phi) is 6.72. The maximum Gasteiger partial charge on any atom is 0.222 e. The summed E-state index contributed by atoms with van der Waals surface area (Å²) in [5.74, 6) is 0.153. The highest BCUT2D eigenvalue weighted by atomic mass is 16.3. The molecule has 0 saturated carbocycles. The Bertz CT molecular complexity index is 281. The normalized spacial score (nSPS) is 19.0. The van der Waals surface area contributed by atoms with Crippen molar-refractivity contribution in [1.82, 2.24) is 10.2 Å². The zero-order valence-corrected chi connectivity index (χ0v) is 11.2. The molecular weight excluding hydrogens is 232 g/mol. The van der Waals surface area contributed by atoms with Gasteiger partial charge in [-0.25, -0.2) is 0 Å². The van der Waals surface area contributed by atoms with Crippen LogP contribution in [0.4, 0.5) is 0 Å². The van der Waals surface area contributed by atoms with Crippen LogP contribution in [0.15, 0.2) is 0 Å². The van der Waals surface area contributed by atoms with E-state index in [9.17, 15) is 9.59 Å². The highest BCUT2D eigenvalue weighted by Crippen LogP contribution is 2.18. The summed E-state index contributed by atoms with van der Waals surface area (Å²) in [7, 11) is 0. The van der Waals surface area contributed by atoms with E-state index in [1.165, 1.54) is 6.92 Å². The van der Waals surface area contributed by atoms with Gasteiger partial charge in [-0.2, -0.15) is 0 Å². The monoisotopic (exact) mass is 256 g/mol. The third kappa shape index (κ3) is 5.04. The molecule has 1 heterocycles. The van der Waals surface area contributed by atoms with Crippen molar-refractivity contribution in [2.24, 2.45) is 0 Å². The first-order valence-corrected chi connectivity index (χ1v) is 6.80. The van der Waals surface area contributed by atoms with E-state index in [-0.39, 0.29) is 24.5 Å². The fourth-order valence-corrected chi connectivity index (χ4v) is 2.34. The van der Waals surface area contributed by atoms with Gasteiger partial charge in [0.05, 0.1) is 12.6 Å². The number of aliphatic hydroxyl groups is 1. The average Bonchev–Trinajstić information content (AvgIpc) is 2.81. The highest BCUT2D eigenvalue weighted by molar-refractivity contribution is 5.76. The van der Waals surface area contributed by atoms with Gasteiger partial charge >= 0.3 is 0 Å². The number of carbonyl (C=O) groups excluding carboxylic acids is 2. The molecule has 0 aromatic heterocycles. The molecule has 1 aliphatic rings. The van der Waals surface area contributed by atoms with Gasteiger partial charge in [-0.1, -0.05) is 6.42 Å². The van der Waals surface area contributed by atoms with E-state index in [0.717, 1.165) is 38.6 Å². The van der Waals surface area contributed by atoms with Crippen molar-refractivity contribution in [3.8, 4) is 0 Å². The number of nitrogens with one attached hydrogen (secondary N) is 1. The summed E-state index contributed by atoms with van der Waals surface area (Å²) in [5.41, 5.74) is 0. The van der Waals surface area contributed by atoms with Crippen LogP contribution in [0.2, 0.25) is 0 Å². The Morgan fingerprint density at radius 1 is 1.33 bits per heavy atom. The summed E-state index contributed by atoms with van der Waals surface area (Å²) in [4.78, 5) is 24.3. The molecule has 18 heavy (non-hydrogen) atoms. The Labute approximate surface area is 109 Å². The molecule has 1 saturated heterocycles. The predicted molar refractivity (Wildman–Crippen MR) is 69.0 cm³/mol. The molecule has 0 bridgehead atoms. The van der Waals surface area contributed by atoms with Crippen LogP contribution in [0.1, 0.15) is 45.4 Å². The lowest BCUT2D eigenvalue weighted by atomic mass is 10.1. The van der Waals surface area contributed by atoms with Gasteiger partial charge in [-0.3, -0.25) is 9.59 Å². The van der Waals surface area contributed by atoms with Crippen molar-refractivity contribution < 1.29 is 14.7 Å². The molecule has 2 amide bonds. The van der Waals surface area contributed by atoms with Gasteiger partial charge in [0.25, 0.3) is 0 Å². The first kappa shape index (κ1) is 15.0. The zero-order chi connectivity index (χ0) is 13.4. The minimum atomic E-state index is -0.00562. The minimum absolute atomic E-state index is 0.00562. The number of likely N-dealkylation sites (tertiary alicyclic amines) is 1. The first-order chi connectivity index (χ1) is 8.65. The third-order valence-electron chi connectivity index (χ3n) is 3.35. The second kappa shape index (κ2) is 8.08. The van der Waals surface area contributed by atoms with Crippen molar-refractivity contribution in [3.63, 3.8) is 0 Å². The molecular formula is C13H24N2O3. The standard InChI is InChI=1S/C13H24N2O3/c1-11(17)14-8-4-2-3-7-13(18)15-9-5-6-12(15)10-16/h12,16H,2-10H2,1H3,(H,14,17). The molecule has 1 unspecified atom stereocenters. The number of hydrogen-bond acceptors (Lipinski definition) is 3. The van der Waals surface area contributed by atoms with Crippen molar-refractivity contribution in [1.29, 1.82) is 0 Å². The molecule has 0 aromatic carbocycles. The second-order valence-electron chi connectivity index (χ2n) is 4.86. The summed E-state index contributed by atoms with van der Waals surface area (Å²) < 4.78 is 0. The molecule has 0 radical (unpaired) electrons. The fraction of sp³-hybridized carbons (Fsp3) is 0.846. The van der Waals surface area contributed by atoms with E-state index in [4.69, 9.17) is 5.11 Å². The van der Waals surface area contributed by atoms with E-state index in [1.807, 2.05) is 4.90 Å². The van der Waals surface area contributed by atoms with Gasteiger partial charge in [0, 0.05) is 26.4 Å². The number of aliphatic hydroxyl groups excluding tert-OH is 1. The molecule has 1 atom stereocenters. The van der Waals surface area contributed by atoms with E-state index in [1.54, 1.807) is 0 Å². The molecule has 104 valence electrons. The Morgan fingerprint density at radius 3 is 2.78 bits per heavy atom. The van der Waals surface area contributed by atoms with Crippen LogP contribution in [0.3, 0.4) is 0 Å². The fourth-order valence-electron chi connectivity index (χ4n) is 2.34. The molecule has 1 fully saturated rings. The Hall–Kier alpha value is -1.10. The van der Waals surface area contributed by atoms with Crippen molar-refractivity contribution in [3.05, 3.63) is 0 Å². The second-order valence-corrected chi connectivity index (χ2v) is 4.86. The van der Waals surface area contributed by atoms with Gasteiger partial charge in [-0.05, 0) is 25.7 Å². The lowest BCUT2D eigenvalue weighted by Gasteiger charge is -2.22. The topological polar surface area (TPSA) is 69.6 Å². The van der Waals surface area contributed by atoms with Crippen LogP contribution in [-0.2, 0) is 9.59 Å². The van der Waals surface area contributed by atoms with Gasteiger partial charge in [0.2, 0.25) is 11.8 Å². The van der Waals surface area contributed by atoms with Crippen molar-refractivity contribution in [2.75, 3.05) is 19.7 Å². The molecule has 0 aliphatic carbocycles. The molecule has 1 rings (SSSR count). The van der Waals surface area contributed by atoms with Crippen LogP contribution in [-0.4, -0.2) is 47.6 Å². The van der Waals surface area contributed by atoms with Gasteiger partial charge in [-0.15, -0.1) is 0 Å². The number of unbranched alkanes of at least 4 members (excludes halogenated alkanes) is 2. The number of carbonyl (C=O) groups is 2. The number of amides is 2. The lowest BCUT2D eigenvalue weighted by Crippen LogP contribution is -2.37. The Balaban J connectivity index is 2.08. The molecule has 2 N–H and O–H groups in total. The lowest BCUT2D eigenvalue weighted by molar-refractivity contribution is -0.132. The maximum absolute atomic E-state index is 11.9. The maximum atomic E-state index is 11.9. The van der Waals surface area contributed by atoms with Crippen LogP contribution in [0.5, 0.6) is 0 Å². The SMILES string of the molecule is CC(=O)NCCCCCC(=O)N1CCCC1CO. The summed E-state index contributed by atoms with van der Waals surface area (Å²) in [5, 5.41) is 11.9. The molecule has 1 aliphatic heterocycles. The molecule has 0 spiro atoms. The van der Waals surface area contributed by atoms with Gasteiger partial charge in [0.15, 0.2) is 0 Å². The van der Waals surface area contributed by atoms with Crippen LogP contribution in [0, 0.1) is 0 Å². The molecule has 5 nitrogen and oxygen atoms in total. The predicted octanol–water partition coefficient (Wildman–Crippen LogP) is 0.666. The minimum Gasteiger partial charge on any atom is -0.394 e. The molecule has 0 aromatic rings. The third-order valence-corrected chi connectivity index (χ3v) is 3.35. The number of hydrogen-bond donors (Lipinski definition) is 2. The van der Waals surface area contributed by atoms with E-state index in [2.05, 4.69) is 5.32 Å². The molecule has 5 heteroatoms. The van der Waals surface area contributed by atoms with Gasteiger partial charge in [0.1, 0.15) is 0 Å². The summed E-state index contributed by atoms with van der Waals surface area (Å²) in [6.07, 6.45) is 5.19. The summed E-state index contributed by atoms with van der Waals surface area (Å²) in [6.45, 7) is 3.06. The van der Waals surface area contributed by atoms with E-state index >= 15 is 0 Å². The smallest absolute Gasteiger partial charge is 0.222 e. The van der Waals surface area contributed by atoms with Gasteiger partial charge < -0.3 is 15.3 Å². The van der Waals surface area contributed by atoms with Crippen LogP contribution >= 0.6 is 0 Å². The zero-order valence-electron chi connectivity index (χ0n) is 11.2.